The Morgan fingerprint density at radius 3 is 2.30 bits per heavy atom. The average molecular weight is 331 g/mol. The first kappa shape index (κ1) is 14.7. The predicted octanol–water partition coefficient (Wildman–Crippen LogP) is 4.16. The van der Waals surface area contributed by atoms with E-state index in [1.807, 2.05) is 48.5 Å². The first-order chi connectivity index (χ1) is 9.59. The van der Waals surface area contributed by atoms with E-state index < -0.39 is 6.10 Å². The maximum Gasteiger partial charge on any atom is 0.158 e. The van der Waals surface area contributed by atoms with Crippen molar-refractivity contribution in [3.63, 3.8) is 0 Å². The first-order valence-corrected chi connectivity index (χ1v) is 7.09. The Bertz CT molecular complexity index is 632. The molecule has 2 aromatic carbocycles. The van der Waals surface area contributed by atoms with Crippen LogP contribution in [0.25, 0.3) is 6.08 Å². The van der Waals surface area contributed by atoms with Crippen LogP contribution in [-0.2, 0) is 4.79 Å². The van der Waals surface area contributed by atoms with E-state index in [0.29, 0.717) is 11.1 Å². The molecule has 1 N–H and O–H groups in total. The van der Waals surface area contributed by atoms with Gasteiger partial charge >= 0.3 is 0 Å². The van der Waals surface area contributed by atoms with E-state index in [1.54, 1.807) is 12.1 Å². The Hall–Kier alpha value is -1.71. The van der Waals surface area contributed by atoms with E-state index in [9.17, 15) is 9.90 Å². The maximum atomic E-state index is 11.8. The molecule has 3 heteroatoms. The summed E-state index contributed by atoms with van der Waals surface area (Å²) in [4.78, 5) is 11.8. The number of hydrogen-bond donors (Lipinski definition) is 1. The van der Waals surface area contributed by atoms with Crippen LogP contribution in [0.3, 0.4) is 0 Å². The van der Waals surface area contributed by atoms with Crippen molar-refractivity contribution in [2.45, 2.75) is 13.0 Å². The fourth-order valence-corrected chi connectivity index (χ4v) is 2.47. The molecule has 2 rings (SSSR count). The van der Waals surface area contributed by atoms with E-state index in [1.165, 1.54) is 6.92 Å². The molecule has 102 valence electrons. The van der Waals surface area contributed by atoms with Crippen LogP contribution >= 0.6 is 15.9 Å². The zero-order chi connectivity index (χ0) is 14.5. The minimum atomic E-state index is -0.941. The van der Waals surface area contributed by atoms with Crippen molar-refractivity contribution in [2.24, 2.45) is 0 Å². The quantitative estimate of drug-likeness (QED) is 0.855. The highest BCUT2D eigenvalue weighted by Gasteiger charge is 2.19. The van der Waals surface area contributed by atoms with Gasteiger partial charge in [0.2, 0.25) is 0 Å². The molecule has 0 saturated carbocycles. The first-order valence-electron chi connectivity index (χ1n) is 6.29. The summed E-state index contributed by atoms with van der Waals surface area (Å²) >= 11 is 3.40. The normalized spacial score (nSPS) is 13.1. The highest BCUT2D eigenvalue weighted by atomic mass is 79.9. The van der Waals surface area contributed by atoms with Crippen LogP contribution in [0, 0.1) is 0 Å². The topological polar surface area (TPSA) is 37.3 Å². The molecule has 2 aromatic rings. The molecule has 2 nitrogen and oxygen atoms in total. The number of halogens is 1. The summed E-state index contributed by atoms with van der Waals surface area (Å²) in [5, 5.41) is 10.5. The number of Topliss-reactive ketones (excluding diaryl/α,β-unsaturated/α-hetero) is 1. The van der Waals surface area contributed by atoms with Crippen LogP contribution in [0.5, 0.6) is 0 Å². The van der Waals surface area contributed by atoms with Crippen molar-refractivity contribution in [1.29, 1.82) is 0 Å². The van der Waals surface area contributed by atoms with Gasteiger partial charge in [0.15, 0.2) is 5.78 Å². The van der Waals surface area contributed by atoms with Crippen LogP contribution in [0.15, 0.2) is 64.6 Å². The third kappa shape index (κ3) is 3.44. The summed E-state index contributed by atoms with van der Waals surface area (Å²) in [6.07, 6.45) is 0.787. The summed E-state index contributed by atoms with van der Waals surface area (Å²) in [7, 11) is 0. The van der Waals surface area contributed by atoms with E-state index in [0.717, 1.165) is 10.0 Å². The number of carbonyl (C=O) groups excluding carboxylic acids is 1. The number of aliphatic hydroxyl groups excluding tert-OH is 1. The van der Waals surface area contributed by atoms with Crippen molar-refractivity contribution in [2.75, 3.05) is 0 Å². The number of hydrogen-bond acceptors (Lipinski definition) is 2. The summed E-state index contributed by atoms with van der Waals surface area (Å²) in [6.45, 7) is 1.47. The van der Waals surface area contributed by atoms with Crippen LogP contribution in [0.2, 0.25) is 0 Å². The lowest BCUT2D eigenvalue weighted by molar-refractivity contribution is -0.114. The molecule has 0 radical (unpaired) electrons. The van der Waals surface area contributed by atoms with Gasteiger partial charge in [0.1, 0.15) is 6.10 Å². The van der Waals surface area contributed by atoms with E-state index in [4.69, 9.17) is 0 Å². The Morgan fingerprint density at radius 2 is 1.70 bits per heavy atom. The fraction of sp³-hybridized carbons (Fsp3) is 0.118. The van der Waals surface area contributed by atoms with Crippen molar-refractivity contribution < 1.29 is 9.90 Å². The van der Waals surface area contributed by atoms with Gasteiger partial charge in [-0.2, -0.15) is 0 Å². The van der Waals surface area contributed by atoms with E-state index >= 15 is 0 Å². The maximum absolute atomic E-state index is 11.8. The number of carbonyl (C=O) groups is 1. The largest absolute Gasteiger partial charge is 0.383 e. The van der Waals surface area contributed by atoms with Gasteiger partial charge in [-0.1, -0.05) is 64.5 Å². The second kappa shape index (κ2) is 6.64. The molecule has 0 aromatic heterocycles. The number of rotatable bonds is 4. The lowest BCUT2D eigenvalue weighted by atomic mass is 9.96. The monoisotopic (exact) mass is 330 g/mol. The van der Waals surface area contributed by atoms with Crippen molar-refractivity contribution in [1.82, 2.24) is 0 Å². The molecule has 20 heavy (non-hydrogen) atoms. The standard InChI is InChI=1S/C17H15BrO2/c1-12(19)15(11-13-7-3-2-4-8-13)17(20)14-9-5-6-10-16(14)18/h2-11,17,20H,1H3/b15-11+/t17-/m0/s1. The SMILES string of the molecule is CC(=O)/C(=C\c1ccccc1)[C@@H](O)c1ccccc1Br. The van der Waals surface area contributed by atoms with Gasteiger partial charge in [0.25, 0.3) is 0 Å². The second-order valence-corrected chi connectivity index (χ2v) is 5.34. The van der Waals surface area contributed by atoms with Crippen molar-refractivity contribution >= 4 is 27.8 Å². The molecule has 0 aliphatic carbocycles. The number of aliphatic hydroxyl groups is 1. The van der Waals surface area contributed by atoms with Gasteiger partial charge in [-0.25, -0.2) is 0 Å². The molecule has 0 amide bonds. The Morgan fingerprint density at radius 1 is 1.10 bits per heavy atom. The van der Waals surface area contributed by atoms with Gasteiger partial charge in [0, 0.05) is 10.0 Å². The Kier molecular flexibility index (Phi) is 4.88. The summed E-state index contributed by atoms with van der Waals surface area (Å²) in [6, 6.07) is 16.9. The van der Waals surface area contributed by atoms with Gasteiger partial charge in [-0.15, -0.1) is 0 Å². The molecule has 0 bridgehead atoms. The van der Waals surface area contributed by atoms with Crippen LogP contribution in [0.4, 0.5) is 0 Å². The third-order valence-electron chi connectivity index (χ3n) is 3.02. The third-order valence-corrected chi connectivity index (χ3v) is 3.74. The molecule has 0 fully saturated rings. The zero-order valence-electron chi connectivity index (χ0n) is 11.1. The molecule has 0 aliphatic rings. The smallest absolute Gasteiger partial charge is 0.158 e. The van der Waals surface area contributed by atoms with Crippen molar-refractivity contribution in [3.05, 3.63) is 75.8 Å². The molecule has 0 unspecified atom stereocenters. The average Bonchev–Trinajstić information content (AvgIpc) is 2.45. The van der Waals surface area contributed by atoms with Crippen LogP contribution in [-0.4, -0.2) is 10.9 Å². The van der Waals surface area contributed by atoms with Crippen LogP contribution < -0.4 is 0 Å². The molecule has 0 heterocycles. The molecule has 0 aliphatic heterocycles. The van der Waals surface area contributed by atoms with Crippen LogP contribution in [0.1, 0.15) is 24.2 Å². The van der Waals surface area contributed by atoms with Gasteiger partial charge in [-0.05, 0) is 30.2 Å². The summed E-state index contributed by atoms with van der Waals surface area (Å²) in [5.74, 6) is -0.142. The minimum Gasteiger partial charge on any atom is -0.383 e. The van der Waals surface area contributed by atoms with E-state index in [2.05, 4.69) is 15.9 Å². The molecular weight excluding hydrogens is 316 g/mol. The predicted molar refractivity (Wildman–Crippen MR) is 84.2 cm³/mol. The molecule has 0 saturated heterocycles. The highest BCUT2D eigenvalue weighted by molar-refractivity contribution is 9.10. The van der Waals surface area contributed by atoms with Gasteiger partial charge in [-0.3, -0.25) is 4.79 Å². The second-order valence-electron chi connectivity index (χ2n) is 4.49. The van der Waals surface area contributed by atoms with E-state index in [-0.39, 0.29) is 5.78 Å². The number of ketones is 1. The Balaban J connectivity index is 2.42. The molecule has 1 atom stereocenters. The van der Waals surface area contributed by atoms with Crippen molar-refractivity contribution in [3.8, 4) is 0 Å². The lowest BCUT2D eigenvalue weighted by Gasteiger charge is -2.15. The molecular formula is C17H15BrO2. The lowest BCUT2D eigenvalue weighted by Crippen LogP contribution is -2.09. The number of benzene rings is 2. The zero-order valence-corrected chi connectivity index (χ0v) is 12.7. The van der Waals surface area contributed by atoms with Gasteiger partial charge in [0.05, 0.1) is 0 Å². The fourth-order valence-electron chi connectivity index (χ4n) is 1.97. The highest BCUT2D eigenvalue weighted by Crippen LogP contribution is 2.29. The molecule has 0 spiro atoms. The minimum absolute atomic E-state index is 0.142. The Labute approximate surface area is 126 Å². The summed E-state index contributed by atoms with van der Waals surface area (Å²) in [5.41, 5.74) is 1.96. The summed E-state index contributed by atoms with van der Waals surface area (Å²) < 4.78 is 0.785. The van der Waals surface area contributed by atoms with Gasteiger partial charge < -0.3 is 5.11 Å².